The lowest BCUT2D eigenvalue weighted by Gasteiger charge is -2.23. The van der Waals surface area contributed by atoms with E-state index in [4.69, 9.17) is 11.6 Å². The van der Waals surface area contributed by atoms with Gasteiger partial charge in [-0.15, -0.1) is 0 Å². The van der Waals surface area contributed by atoms with Gasteiger partial charge in [-0.05, 0) is 38.5 Å². The maximum Gasteiger partial charge on any atom is 0.121 e. The molecule has 0 fully saturated rings. The second kappa shape index (κ2) is 4.67. The average molecular weight is 252 g/mol. The molecule has 0 radical (unpaired) electrons. The standard InChI is InChI=1S/C13H18ClN3/c1-4-13(2,3)15-8-12-16-10-6-5-9(14)7-11(10)17-12/h5-7,15H,4,8H2,1-3H3,(H,16,17). The van der Waals surface area contributed by atoms with Crippen LogP contribution in [0.25, 0.3) is 11.0 Å². The van der Waals surface area contributed by atoms with Gasteiger partial charge >= 0.3 is 0 Å². The van der Waals surface area contributed by atoms with Crippen molar-refractivity contribution in [3.8, 4) is 0 Å². The van der Waals surface area contributed by atoms with E-state index >= 15 is 0 Å². The van der Waals surface area contributed by atoms with Gasteiger partial charge in [0.2, 0.25) is 0 Å². The third-order valence-electron chi connectivity index (χ3n) is 3.11. The highest BCUT2D eigenvalue weighted by Gasteiger charge is 2.14. The SMILES string of the molecule is CCC(C)(C)NCc1nc2ccc(Cl)cc2[nH]1. The summed E-state index contributed by atoms with van der Waals surface area (Å²) in [5.74, 6) is 0.948. The molecule has 3 nitrogen and oxygen atoms in total. The van der Waals surface area contributed by atoms with E-state index in [1.54, 1.807) is 0 Å². The van der Waals surface area contributed by atoms with Crippen LogP contribution in [-0.2, 0) is 6.54 Å². The van der Waals surface area contributed by atoms with Crippen LogP contribution in [0.3, 0.4) is 0 Å². The molecule has 0 aliphatic rings. The van der Waals surface area contributed by atoms with E-state index in [0.29, 0.717) is 0 Å². The lowest BCUT2D eigenvalue weighted by molar-refractivity contribution is 0.370. The molecule has 1 heterocycles. The summed E-state index contributed by atoms with van der Waals surface area (Å²) in [7, 11) is 0. The van der Waals surface area contributed by atoms with Crippen LogP contribution in [0.15, 0.2) is 18.2 Å². The highest BCUT2D eigenvalue weighted by atomic mass is 35.5. The largest absolute Gasteiger partial charge is 0.341 e. The molecule has 0 aliphatic carbocycles. The molecule has 0 aliphatic heterocycles. The Balaban J connectivity index is 2.15. The third-order valence-corrected chi connectivity index (χ3v) is 3.35. The minimum Gasteiger partial charge on any atom is -0.341 e. The van der Waals surface area contributed by atoms with E-state index in [0.717, 1.165) is 34.8 Å². The van der Waals surface area contributed by atoms with E-state index < -0.39 is 0 Å². The summed E-state index contributed by atoms with van der Waals surface area (Å²) < 4.78 is 0. The van der Waals surface area contributed by atoms with Gasteiger partial charge in [0.25, 0.3) is 0 Å². The number of aromatic nitrogens is 2. The van der Waals surface area contributed by atoms with Crippen molar-refractivity contribution in [2.24, 2.45) is 0 Å². The molecule has 0 spiro atoms. The quantitative estimate of drug-likeness (QED) is 0.873. The first-order chi connectivity index (χ1) is 8.00. The Labute approximate surface area is 107 Å². The molecule has 2 aromatic rings. The van der Waals surface area contributed by atoms with E-state index in [1.807, 2.05) is 18.2 Å². The Morgan fingerprint density at radius 3 is 2.88 bits per heavy atom. The molecule has 2 rings (SSSR count). The predicted molar refractivity (Wildman–Crippen MR) is 72.3 cm³/mol. The van der Waals surface area contributed by atoms with E-state index in [-0.39, 0.29) is 5.54 Å². The number of hydrogen-bond donors (Lipinski definition) is 2. The number of nitrogens with zero attached hydrogens (tertiary/aromatic N) is 1. The van der Waals surface area contributed by atoms with E-state index in [9.17, 15) is 0 Å². The molecule has 17 heavy (non-hydrogen) atoms. The minimum absolute atomic E-state index is 0.136. The van der Waals surface area contributed by atoms with Crippen LogP contribution < -0.4 is 5.32 Å². The fourth-order valence-electron chi connectivity index (χ4n) is 1.57. The Bertz CT molecular complexity index is 516. The number of fused-ring (bicyclic) bond motifs is 1. The molecule has 0 amide bonds. The van der Waals surface area contributed by atoms with Crippen LogP contribution in [0.1, 0.15) is 33.0 Å². The number of nitrogens with one attached hydrogen (secondary N) is 2. The Morgan fingerprint density at radius 1 is 1.41 bits per heavy atom. The van der Waals surface area contributed by atoms with Crippen molar-refractivity contribution in [1.82, 2.24) is 15.3 Å². The molecular formula is C13H18ClN3. The lowest BCUT2D eigenvalue weighted by atomic mass is 10.0. The normalized spacial score (nSPS) is 12.2. The molecular weight excluding hydrogens is 234 g/mol. The van der Waals surface area contributed by atoms with E-state index in [2.05, 4.69) is 36.1 Å². The van der Waals surface area contributed by atoms with Crippen LogP contribution in [0, 0.1) is 0 Å². The maximum atomic E-state index is 5.94. The van der Waals surface area contributed by atoms with Crippen LogP contribution in [0.4, 0.5) is 0 Å². The van der Waals surface area contributed by atoms with Gasteiger partial charge in [0.1, 0.15) is 5.82 Å². The van der Waals surface area contributed by atoms with Gasteiger partial charge in [-0.2, -0.15) is 0 Å². The van der Waals surface area contributed by atoms with Gasteiger partial charge in [0.15, 0.2) is 0 Å². The first kappa shape index (κ1) is 12.4. The fourth-order valence-corrected chi connectivity index (χ4v) is 1.74. The van der Waals surface area contributed by atoms with Crippen LogP contribution in [0.5, 0.6) is 0 Å². The Morgan fingerprint density at radius 2 is 2.18 bits per heavy atom. The van der Waals surface area contributed by atoms with Crippen molar-refractivity contribution in [2.45, 2.75) is 39.3 Å². The van der Waals surface area contributed by atoms with Crippen LogP contribution in [-0.4, -0.2) is 15.5 Å². The van der Waals surface area contributed by atoms with Crippen molar-refractivity contribution in [3.05, 3.63) is 29.0 Å². The number of halogens is 1. The number of aromatic amines is 1. The highest BCUT2D eigenvalue weighted by Crippen LogP contribution is 2.17. The van der Waals surface area contributed by atoms with E-state index in [1.165, 1.54) is 0 Å². The second-order valence-corrected chi connectivity index (χ2v) is 5.37. The summed E-state index contributed by atoms with van der Waals surface area (Å²) in [6.07, 6.45) is 1.08. The van der Waals surface area contributed by atoms with Crippen molar-refractivity contribution in [1.29, 1.82) is 0 Å². The molecule has 1 aromatic heterocycles. The summed E-state index contributed by atoms with van der Waals surface area (Å²) in [5, 5.41) is 4.20. The smallest absolute Gasteiger partial charge is 0.121 e. The molecule has 1 aromatic carbocycles. The molecule has 2 N–H and O–H groups in total. The Kier molecular flexibility index (Phi) is 3.40. The van der Waals surface area contributed by atoms with Gasteiger partial charge in [0, 0.05) is 10.6 Å². The van der Waals surface area contributed by atoms with Gasteiger partial charge in [-0.3, -0.25) is 0 Å². The molecule has 0 bridgehead atoms. The van der Waals surface area contributed by atoms with Crippen molar-refractivity contribution in [3.63, 3.8) is 0 Å². The summed E-state index contributed by atoms with van der Waals surface area (Å²) in [6.45, 7) is 7.29. The summed E-state index contributed by atoms with van der Waals surface area (Å²) >= 11 is 5.94. The zero-order chi connectivity index (χ0) is 12.5. The summed E-state index contributed by atoms with van der Waals surface area (Å²) in [6, 6.07) is 5.69. The van der Waals surface area contributed by atoms with Gasteiger partial charge < -0.3 is 10.3 Å². The fraction of sp³-hybridized carbons (Fsp3) is 0.462. The molecule has 0 atom stereocenters. The molecule has 0 unspecified atom stereocenters. The van der Waals surface area contributed by atoms with Crippen molar-refractivity contribution >= 4 is 22.6 Å². The predicted octanol–water partition coefficient (Wildman–Crippen LogP) is 3.49. The van der Waals surface area contributed by atoms with Gasteiger partial charge in [-0.25, -0.2) is 4.98 Å². The number of rotatable bonds is 4. The summed E-state index contributed by atoms with van der Waals surface area (Å²) in [5.41, 5.74) is 2.08. The number of imidazole rings is 1. The maximum absolute atomic E-state index is 5.94. The zero-order valence-corrected chi connectivity index (χ0v) is 11.2. The van der Waals surface area contributed by atoms with Gasteiger partial charge in [-0.1, -0.05) is 18.5 Å². The average Bonchev–Trinajstić information content (AvgIpc) is 2.68. The molecule has 0 saturated carbocycles. The Hall–Kier alpha value is -1.06. The number of benzene rings is 1. The van der Waals surface area contributed by atoms with Crippen molar-refractivity contribution < 1.29 is 0 Å². The van der Waals surface area contributed by atoms with Crippen molar-refractivity contribution in [2.75, 3.05) is 0 Å². The third kappa shape index (κ3) is 2.99. The number of H-pyrrole nitrogens is 1. The lowest BCUT2D eigenvalue weighted by Crippen LogP contribution is -2.38. The first-order valence-electron chi connectivity index (χ1n) is 5.89. The second-order valence-electron chi connectivity index (χ2n) is 4.94. The topological polar surface area (TPSA) is 40.7 Å². The van der Waals surface area contributed by atoms with Crippen LogP contribution in [0.2, 0.25) is 5.02 Å². The first-order valence-corrected chi connectivity index (χ1v) is 6.27. The van der Waals surface area contributed by atoms with Gasteiger partial charge in [0.05, 0.1) is 17.6 Å². The molecule has 92 valence electrons. The molecule has 4 heteroatoms. The minimum atomic E-state index is 0.136. The number of hydrogen-bond acceptors (Lipinski definition) is 2. The molecule has 0 saturated heterocycles. The monoisotopic (exact) mass is 251 g/mol. The highest BCUT2D eigenvalue weighted by molar-refractivity contribution is 6.31. The van der Waals surface area contributed by atoms with Crippen LogP contribution >= 0.6 is 11.6 Å². The zero-order valence-electron chi connectivity index (χ0n) is 10.5. The summed E-state index contributed by atoms with van der Waals surface area (Å²) in [4.78, 5) is 7.79.